The number of amides is 1. The molecule has 6 nitrogen and oxygen atoms in total. The highest BCUT2D eigenvalue weighted by molar-refractivity contribution is 6.56. The number of aromatic amines is 1. The van der Waals surface area contributed by atoms with Crippen LogP contribution in [0.5, 0.6) is 0 Å². The molecule has 0 atom stereocenters. The van der Waals surface area contributed by atoms with Gasteiger partial charge in [0, 0.05) is 25.2 Å². The van der Waals surface area contributed by atoms with Crippen molar-refractivity contribution in [3.8, 4) is 0 Å². The van der Waals surface area contributed by atoms with Crippen LogP contribution in [0.4, 0.5) is 0 Å². The van der Waals surface area contributed by atoms with Crippen LogP contribution in [0, 0.1) is 0 Å². The van der Waals surface area contributed by atoms with Gasteiger partial charge in [0.2, 0.25) is 5.91 Å². The zero-order chi connectivity index (χ0) is 18.1. The molecule has 1 aliphatic heterocycles. The molecule has 2 rings (SSSR count). The number of carbonyl (C=O) groups is 1. The highest BCUT2D eigenvalue weighted by Crippen LogP contribution is 2.38. The van der Waals surface area contributed by atoms with Gasteiger partial charge < -0.3 is 19.6 Å². The van der Waals surface area contributed by atoms with Gasteiger partial charge in [-0.15, -0.1) is 0 Å². The monoisotopic (exact) mass is 352 g/mol. The fraction of sp³-hybridized carbons (Fsp3) is 0.500. The summed E-state index contributed by atoms with van der Waals surface area (Å²) in [6.45, 7) is 9.39. The van der Waals surface area contributed by atoms with Crippen LogP contribution < -0.4 is 10.9 Å². The number of hydrogen-bond acceptors (Lipinski definition) is 4. The number of H-pyrrole nitrogens is 1. The molecule has 1 saturated heterocycles. The molecule has 0 saturated carbocycles. The van der Waals surface area contributed by atoms with Gasteiger partial charge in [-0.3, -0.25) is 9.59 Å². The molecule has 1 aromatic rings. The summed E-state index contributed by atoms with van der Waals surface area (Å²) in [5.41, 5.74) is -0.313. The van der Waals surface area contributed by atoms with Gasteiger partial charge in [-0.05, 0) is 39.2 Å². The molecule has 0 aliphatic carbocycles. The number of nitrogens with one attached hydrogen (secondary N) is 2. The van der Waals surface area contributed by atoms with E-state index in [1.165, 1.54) is 13.1 Å². The molecule has 2 heterocycles. The number of hydrogen-bond donors (Lipinski definition) is 2. The Balaban J connectivity index is 2.39. The van der Waals surface area contributed by atoms with E-state index in [0.717, 1.165) is 0 Å². The quantitative estimate of drug-likeness (QED) is 0.814. The molecular formula is C16H22BClN2O4. The van der Waals surface area contributed by atoms with E-state index in [1.54, 1.807) is 12.1 Å². The Labute approximate surface area is 146 Å². The summed E-state index contributed by atoms with van der Waals surface area (Å²) in [6, 6.07) is 1.55. The van der Waals surface area contributed by atoms with Gasteiger partial charge in [-0.1, -0.05) is 17.7 Å². The zero-order valence-corrected chi connectivity index (χ0v) is 15.3. The van der Waals surface area contributed by atoms with Crippen molar-refractivity contribution < 1.29 is 14.1 Å². The molecule has 24 heavy (non-hydrogen) atoms. The van der Waals surface area contributed by atoms with Crippen molar-refractivity contribution in [2.75, 3.05) is 6.54 Å². The van der Waals surface area contributed by atoms with Crippen molar-refractivity contribution in [3.05, 3.63) is 38.7 Å². The minimum Gasteiger partial charge on any atom is -0.400 e. The molecular weight excluding hydrogens is 330 g/mol. The van der Waals surface area contributed by atoms with Gasteiger partial charge >= 0.3 is 7.12 Å². The third-order valence-corrected chi connectivity index (χ3v) is 4.55. The highest BCUT2D eigenvalue weighted by atomic mass is 35.5. The van der Waals surface area contributed by atoms with E-state index in [4.69, 9.17) is 20.9 Å². The number of aromatic nitrogens is 1. The van der Waals surface area contributed by atoms with Crippen molar-refractivity contribution >= 4 is 30.7 Å². The second-order valence-electron chi connectivity index (χ2n) is 6.82. The predicted octanol–water partition coefficient (Wildman–Crippen LogP) is 2.18. The van der Waals surface area contributed by atoms with Crippen LogP contribution in [0.2, 0.25) is 5.02 Å². The third-order valence-electron chi connectivity index (χ3n) is 4.34. The van der Waals surface area contributed by atoms with E-state index in [2.05, 4.69) is 10.3 Å². The molecule has 130 valence electrons. The summed E-state index contributed by atoms with van der Waals surface area (Å²) in [7, 11) is -0.666. The summed E-state index contributed by atoms with van der Waals surface area (Å²) in [5.74, 6) is -0.183. The van der Waals surface area contributed by atoms with Crippen molar-refractivity contribution in [1.82, 2.24) is 10.3 Å². The Hall–Kier alpha value is -1.57. The first kappa shape index (κ1) is 18.8. The average molecular weight is 353 g/mol. The number of rotatable bonds is 4. The van der Waals surface area contributed by atoms with Crippen LogP contribution in [-0.2, 0) is 14.1 Å². The van der Waals surface area contributed by atoms with Gasteiger partial charge in [-0.2, -0.15) is 0 Å². The minimum absolute atomic E-state index is 0.183. The SMILES string of the molecule is CC(=O)NCC(=Cc1cc(Cl)c[nH]c1=O)B1OC(C)(C)C(C)(C)O1. The fourth-order valence-corrected chi connectivity index (χ4v) is 2.38. The summed E-state index contributed by atoms with van der Waals surface area (Å²) in [6.07, 6.45) is 3.06. The average Bonchev–Trinajstić information content (AvgIpc) is 2.66. The highest BCUT2D eigenvalue weighted by Gasteiger charge is 2.52. The molecule has 1 aliphatic rings. The molecule has 0 aromatic carbocycles. The lowest BCUT2D eigenvalue weighted by atomic mass is 9.77. The smallest absolute Gasteiger partial charge is 0.400 e. The molecule has 1 aromatic heterocycles. The molecule has 0 unspecified atom stereocenters. The topological polar surface area (TPSA) is 80.4 Å². The maximum absolute atomic E-state index is 12.0. The second-order valence-corrected chi connectivity index (χ2v) is 7.26. The third kappa shape index (κ3) is 4.09. The number of pyridine rings is 1. The van der Waals surface area contributed by atoms with Crippen LogP contribution in [0.1, 0.15) is 40.2 Å². The van der Waals surface area contributed by atoms with Crippen LogP contribution in [0.3, 0.4) is 0 Å². The van der Waals surface area contributed by atoms with Crippen molar-refractivity contribution in [1.29, 1.82) is 0 Å². The normalized spacial score (nSPS) is 19.4. The van der Waals surface area contributed by atoms with Crippen molar-refractivity contribution in [2.45, 2.75) is 45.8 Å². The van der Waals surface area contributed by atoms with E-state index in [1.807, 2.05) is 27.7 Å². The van der Waals surface area contributed by atoms with Crippen molar-refractivity contribution in [3.63, 3.8) is 0 Å². The van der Waals surface area contributed by atoms with Gasteiger partial charge in [0.25, 0.3) is 5.56 Å². The molecule has 1 amide bonds. The Kier molecular flexibility index (Phi) is 5.27. The van der Waals surface area contributed by atoms with Crippen molar-refractivity contribution in [2.24, 2.45) is 0 Å². The lowest BCUT2D eigenvalue weighted by Gasteiger charge is -2.32. The van der Waals surface area contributed by atoms with Gasteiger partial charge in [0.15, 0.2) is 0 Å². The maximum atomic E-state index is 12.0. The van der Waals surface area contributed by atoms with Gasteiger partial charge in [0.1, 0.15) is 0 Å². The molecule has 0 bridgehead atoms. The molecule has 0 spiro atoms. The molecule has 0 radical (unpaired) electrons. The summed E-state index contributed by atoms with van der Waals surface area (Å²) < 4.78 is 12.0. The number of halogens is 1. The first-order valence-electron chi connectivity index (χ1n) is 7.70. The minimum atomic E-state index is -0.666. The van der Waals surface area contributed by atoms with Crippen LogP contribution in [0.15, 0.2) is 22.5 Å². The summed E-state index contributed by atoms with van der Waals surface area (Å²) >= 11 is 5.95. The van der Waals surface area contributed by atoms with Gasteiger partial charge in [-0.25, -0.2) is 0 Å². The maximum Gasteiger partial charge on any atom is 0.492 e. The van der Waals surface area contributed by atoms with Gasteiger partial charge in [0.05, 0.1) is 16.2 Å². The van der Waals surface area contributed by atoms with Crippen LogP contribution in [0.25, 0.3) is 6.08 Å². The van der Waals surface area contributed by atoms with E-state index < -0.39 is 18.3 Å². The Morgan fingerprint density at radius 1 is 1.33 bits per heavy atom. The standard InChI is InChI=1S/C16H22BClN2O4/c1-10(21)19-8-12(6-11-7-13(18)9-20-14(11)22)17-23-15(2,3)16(4,5)24-17/h6-7,9H,8H2,1-5H3,(H,19,21)(H,20,22). The lowest BCUT2D eigenvalue weighted by molar-refractivity contribution is -0.118. The van der Waals surface area contributed by atoms with Crippen LogP contribution >= 0.6 is 11.6 Å². The molecule has 2 N–H and O–H groups in total. The lowest BCUT2D eigenvalue weighted by Crippen LogP contribution is -2.41. The largest absolute Gasteiger partial charge is 0.492 e. The second kappa shape index (κ2) is 6.74. The van der Waals surface area contributed by atoms with E-state index in [-0.39, 0.29) is 18.0 Å². The number of carbonyl (C=O) groups excluding carboxylic acids is 1. The Bertz CT molecular complexity index is 711. The molecule has 8 heteroatoms. The zero-order valence-electron chi connectivity index (χ0n) is 14.5. The first-order valence-corrected chi connectivity index (χ1v) is 8.08. The predicted molar refractivity (Wildman–Crippen MR) is 94.8 cm³/mol. The summed E-state index contributed by atoms with van der Waals surface area (Å²) in [5, 5.41) is 3.13. The van der Waals surface area contributed by atoms with E-state index in [9.17, 15) is 9.59 Å². The Morgan fingerprint density at radius 3 is 2.46 bits per heavy atom. The van der Waals surface area contributed by atoms with Crippen LogP contribution in [-0.4, -0.2) is 35.8 Å². The summed E-state index contributed by atoms with van der Waals surface area (Å²) in [4.78, 5) is 25.8. The first-order chi connectivity index (χ1) is 11.0. The molecule has 1 fully saturated rings. The fourth-order valence-electron chi connectivity index (χ4n) is 2.20. The Morgan fingerprint density at radius 2 is 1.92 bits per heavy atom. The van der Waals surface area contributed by atoms with E-state index >= 15 is 0 Å². The van der Waals surface area contributed by atoms with E-state index in [0.29, 0.717) is 16.1 Å².